The lowest BCUT2D eigenvalue weighted by Crippen LogP contribution is -2.55. The van der Waals surface area contributed by atoms with Crippen LogP contribution >= 0.6 is 23.2 Å². The van der Waals surface area contributed by atoms with Crippen molar-refractivity contribution in [2.24, 2.45) is 11.8 Å². The Hall–Kier alpha value is -3.66. The summed E-state index contributed by atoms with van der Waals surface area (Å²) in [6.45, 7) is 8.80. The first-order chi connectivity index (χ1) is 20.3. The Kier molecular flexibility index (Phi) is 11.6. The van der Waals surface area contributed by atoms with E-state index >= 15 is 0 Å². The highest BCUT2D eigenvalue weighted by Crippen LogP contribution is 2.35. The van der Waals surface area contributed by atoms with Crippen molar-refractivity contribution in [3.05, 3.63) is 87.7 Å². The number of benzene rings is 2. The second-order valence-corrected chi connectivity index (χ2v) is 11.8. The first kappa shape index (κ1) is 33.8. The van der Waals surface area contributed by atoms with Crippen molar-refractivity contribution in [1.29, 1.82) is 0 Å². The molecule has 0 spiro atoms. The molecule has 2 aromatic carbocycles. The van der Waals surface area contributed by atoms with Crippen molar-refractivity contribution in [1.82, 2.24) is 15.6 Å². The van der Waals surface area contributed by atoms with Gasteiger partial charge in [0.05, 0.1) is 19.1 Å². The molecule has 1 heterocycles. The van der Waals surface area contributed by atoms with Gasteiger partial charge in [-0.05, 0) is 54.7 Å². The Balaban J connectivity index is 1.94. The van der Waals surface area contributed by atoms with Gasteiger partial charge in [0, 0.05) is 22.3 Å². The van der Waals surface area contributed by atoms with Crippen LogP contribution in [0.2, 0.25) is 10.0 Å². The monoisotopic (exact) mass is 629 g/mol. The van der Waals surface area contributed by atoms with Crippen LogP contribution in [0, 0.1) is 11.8 Å². The van der Waals surface area contributed by atoms with Crippen molar-refractivity contribution >= 4 is 41.0 Å². The highest BCUT2D eigenvalue weighted by atomic mass is 35.5. The van der Waals surface area contributed by atoms with Gasteiger partial charge in [0.1, 0.15) is 11.6 Å². The van der Waals surface area contributed by atoms with Gasteiger partial charge in [0.25, 0.3) is 5.91 Å². The maximum Gasteiger partial charge on any atom is 0.313 e. The van der Waals surface area contributed by atoms with Gasteiger partial charge >= 0.3 is 5.97 Å². The van der Waals surface area contributed by atoms with Gasteiger partial charge in [-0.1, -0.05) is 75.2 Å². The third kappa shape index (κ3) is 8.25. The van der Waals surface area contributed by atoms with E-state index in [1.807, 2.05) is 13.8 Å². The molecule has 1 aromatic heterocycles. The zero-order valence-corrected chi connectivity index (χ0v) is 26.5. The summed E-state index contributed by atoms with van der Waals surface area (Å²) in [6, 6.07) is 12.9. The number of carbonyl (C=O) groups is 3. The van der Waals surface area contributed by atoms with Gasteiger partial charge in [0.15, 0.2) is 11.4 Å². The highest BCUT2D eigenvalue weighted by molar-refractivity contribution is 6.30. The van der Waals surface area contributed by atoms with E-state index in [-0.39, 0.29) is 29.5 Å². The second kappa shape index (κ2) is 14.7. The van der Waals surface area contributed by atoms with E-state index < -0.39 is 41.4 Å². The minimum Gasteiger partial charge on any atom is -0.493 e. The quantitative estimate of drug-likeness (QED) is 0.224. The molecule has 0 fully saturated rings. The number of nitrogens with one attached hydrogen (secondary N) is 2. The predicted octanol–water partition coefficient (Wildman–Crippen LogP) is 5.54. The molecule has 43 heavy (non-hydrogen) atoms. The Morgan fingerprint density at radius 1 is 0.884 bits per heavy atom. The molecule has 0 bridgehead atoms. The molecule has 230 valence electrons. The number of halogens is 2. The third-order valence-corrected chi connectivity index (χ3v) is 7.36. The Labute approximate surface area is 261 Å². The molecule has 0 saturated carbocycles. The average molecular weight is 631 g/mol. The zero-order valence-electron chi connectivity index (χ0n) is 25.0. The standard InChI is InChI=1S/C32H37Cl2N3O6/c1-18(2)17-25(37-30(39)27-28(43-31(40)19(3)4)26(42-6)15-16-35-27)29(38)36-20(5)32(41,21-7-11-23(33)12-8-21)22-9-13-24(34)14-10-22/h7-16,18-20,25,41H,17H2,1-6H3,(H,36,38)(H,37,39)/t20-,25-/m0/s1. The van der Waals surface area contributed by atoms with Crippen LogP contribution < -0.4 is 20.1 Å². The zero-order chi connectivity index (χ0) is 31.9. The highest BCUT2D eigenvalue weighted by Gasteiger charge is 2.40. The summed E-state index contributed by atoms with van der Waals surface area (Å²) in [6.07, 6.45) is 1.62. The van der Waals surface area contributed by atoms with Crippen molar-refractivity contribution in [2.75, 3.05) is 7.11 Å². The Morgan fingerprint density at radius 2 is 1.42 bits per heavy atom. The molecular formula is C32H37Cl2N3O6. The van der Waals surface area contributed by atoms with Gasteiger partial charge in [-0.15, -0.1) is 0 Å². The van der Waals surface area contributed by atoms with Gasteiger partial charge in [-0.25, -0.2) is 4.98 Å². The van der Waals surface area contributed by atoms with Crippen LogP contribution in [0.25, 0.3) is 0 Å². The number of nitrogens with zero attached hydrogens (tertiary/aromatic N) is 1. The molecule has 0 aliphatic rings. The van der Waals surface area contributed by atoms with E-state index in [0.717, 1.165) is 0 Å². The largest absolute Gasteiger partial charge is 0.493 e. The number of hydrogen-bond donors (Lipinski definition) is 3. The van der Waals surface area contributed by atoms with Crippen LogP contribution in [-0.4, -0.2) is 47.1 Å². The number of carbonyl (C=O) groups excluding carboxylic acids is 3. The molecule has 0 aliphatic carbocycles. The van der Waals surface area contributed by atoms with Crippen LogP contribution in [-0.2, 0) is 15.2 Å². The second-order valence-electron chi connectivity index (χ2n) is 10.9. The normalized spacial score (nSPS) is 12.9. The number of ether oxygens (including phenoxy) is 2. The number of pyridine rings is 1. The van der Waals surface area contributed by atoms with Gasteiger partial charge in [0.2, 0.25) is 11.7 Å². The molecule has 2 amide bonds. The molecule has 0 unspecified atom stereocenters. The minimum absolute atomic E-state index is 0.00859. The number of amides is 2. The summed E-state index contributed by atoms with van der Waals surface area (Å²) in [5, 5.41) is 18.7. The van der Waals surface area contributed by atoms with Crippen LogP contribution in [0.5, 0.6) is 11.5 Å². The molecule has 9 nitrogen and oxygen atoms in total. The molecule has 3 rings (SSSR count). The molecule has 0 aliphatic heterocycles. The molecule has 3 N–H and O–H groups in total. The van der Waals surface area contributed by atoms with Crippen LogP contribution in [0.3, 0.4) is 0 Å². The third-order valence-electron chi connectivity index (χ3n) is 6.86. The first-order valence-electron chi connectivity index (χ1n) is 13.9. The maximum absolute atomic E-state index is 13.7. The smallest absolute Gasteiger partial charge is 0.313 e. The molecule has 2 atom stereocenters. The van der Waals surface area contributed by atoms with E-state index in [0.29, 0.717) is 21.2 Å². The molecule has 11 heteroatoms. The Morgan fingerprint density at radius 3 is 1.88 bits per heavy atom. The lowest BCUT2D eigenvalue weighted by Gasteiger charge is -2.36. The number of rotatable bonds is 12. The van der Waals surface area contributed by atoms with Crippen LogP contribution in [0.1, 0.15) is 62.7 Å². The summed E-state index contributed by atoms with van der Waals surface area (Å²) in [7, 11) is 1.38. The Bertz CT molecular complexity index is 1380. The number of aliphatic hydroxyl groups is 1. The van der Waals surface area contributed by atoms with Crippen molar-refractivity contribution in [2.45, 2.75) is 58.7 Å². The van der Waals surface area contributed by atoms with E-state index in [1.165, 1.54) is 19.4 Å². The lowest BCUT2D eigenvalue weighted by molar-refractivity contribution is -0.137. The van der Waals surface area contributed by atoms with E-state index in [1.54, 1.807) is 69.3 Å². The summed E-state index contributed by atoms with van der Waals surface area (Å²) >= 11 is 12.2. The van der Waals surface area contributed by atoms with Crippen molar-refractivity contribution < 1.29 is 29.0 Å². The fraction of sp³-hybridized carbons (Fsp3) is 0.375. The summed E-state index contributed by atoms with van der Waals surface area (Å²) in [5.74, 6) is -2.30. The van der Waals surface area contributed by atoms with Crippen LogP contribution in [0.15, 0.2) is 60.8 Å². The first-order valence-corrected chi connectivity index (χ1v) is 14.6. The fourth-order valence-corrected chi connectivity index (χ4v) is 4.74. The minimum atomic E-state index is -1.68. The molecule has 3 aromatic rings. The maximum atomic E-state index is 13.7. The summed E-state index contributed by atoms with van der Waals surface area (Å²) in [4.78, 5) is 43.7. The number of esters is 1. The fourth-order valence-electron chi connectivity index (χ4n) is 4.49. The molecule has 0 radical (unpaired) electrons. The van der Waals surface area contributed by atoms with E-state index in [2.05, 4.69) is 15.6 Å². The average Bonchev–Trinajstić information content (AvgIpc) is 2.96. The lowest BCUT2D eigenvalue weighted by atomic mass is 9.80. The number of methoxy groups -OCH3 is 1. The number of aromatic nitrogens is 1. The topological polar surface area (TPSA) is 127 Å². The van der Waals surface area contributed by atoms with E-state index in [9.17, 15) is 19.5 Å². The predicted molar refractivity (Wildman–Crippen MR) is 165 cm³/mol. The van der Waals surface area contributed by atoms with Crippen molar-refractivity contribution in [3.63, 3.8) is 0 Å². The number of hydrogen-bond acceptors (Lipinski definition) is 7. The van der Waals surface area contributed by atoms with Crippen molar-refractivity contribution in [3.8, 4) is 11.5 Å². The molecule has 0 saturated heterocycles. The SMILES string of the molecule is COc1ccnc(C(=O)N[C@@H](CC(C)C)C(=O)N[C@@H](C)C(O)(c2ccc(Cl)cc2)c2ccc(Cl)cc2)c1OC(=O)C(C)C. The van der Waals surface area contributed by atoms with Gasteiger partial charge in [-0.2, -0.15) is 0 Å². The summed E-state index contributed by atoms with van der Waals surface area (Å²) < 4.78 is 10.8. The van der Waals surface area contributed by atoms with E-state index in [4.69, 9.17) is 32.7 Å². The summed E-state index contributed by atoms with van der Waals surface area (Å²) in [5.41, 5.74) is -0.895. The molecular weight excluding hydrogens is 593 g/mol. The van der Waals surface area contributed by atoms with Gasteiger partial charge < -0.3 is 25.2 Å². The van der Waals surface area contributed by atoms with Crippen LogP contribution in [0.4, 0.5) is 0 Å². The van der Waals surface area contributed by atoms with Gasteiger partial charge in [-0.3, -0.25) is 14.4 Å².